The van der Waals surface area contributed by atoms with Gasteiger partial charge in [-0.25, -0.2) is 4.79 Å². The van der Waals surface area contributed by atoms with Crippen molar-refractivity contribution < 1.29 is 9.53 Å². The molecular weight excluding hydrogens is 356 g/mol. The number of anilines is 1. The maximum atomic E-state index is 11.7. The number of carbonyl (C=O) groups is 1. The number of rotatable bonds is 6. The molecule has 4 saturated carbocycles. The van der Waals surface area contributed by atoms with Gasteiger partial charge in [-0.05, 0) is 112 Å². The summed E-state index contributed by atoms with van der Waals surface area (Å²) in [5.41, 5.74) is 2.03. The highest BCUT2D eigenvalue weighted by molar-refractivity contribution is 7.80. The highest BCUT2D eigenvalue weighted by Crippen LogP contribution is 2.61. The molecule has 5 heteroatoms. The molecule has 0 aliphatic heterocycles. The maximum absolute atomic E-state index is 11.7. The molecule has 0 spiro atoms. The number of nitrogens with one attached hydrogen (secondary N) is 2. The predicted octanol–water partition coefficient (Wildman–Crippen LogP) is 4.76. The average Bonchev–Trinajstić information content (AvgIpc) is 2.61. The summed E-state index contributed by atoms with van der Waals surface area (Å²) < 4.78 is 5.01. The molecule has 5 rings (SSSR count). The van der Waals surface area contributed by atoms with Gasteiger partial charge in [0.25, 0.3) is 0 Å². The van der Waals surface area contributed by atoms with Crippen LogP contribution in [0.25, 0.3) is 0 Å². The smallest absolute Gasteiger partial charge is 0.338 e. The van der Waals surface area contributed by atoms with Crippen LogP contribution >= 0.6 is 12.2 Å². The quantitative estimate of drug-likeness (QED) is 0.545. The number of benzene rings is 1. The summed E-state index contributed by atoms with van der Waals surface area (Å²) in [4.78, 5) is 11.7. The van der Waals surface area contributed by atoms with Crippen LogP contribution in [0.1, 0.15) is 62.2 Å². The molecule has 1 aromatic rings. The van der Waals surface area contributed by atoms with Crippen LogP contribution in [0, 0.1) is 23.2 Å². The first kappa shape index (κ1) is 18.7. The second kappa shape index (κ2) is 7.78. The van der Waals surface area contributed by atoms with Crippen molar-refractivity contribution in [2.45, 2.75) is 51.9 Å². The minimum Gasteiger partial charge on any atom is -0.462 e. The van der Waals surface area contributed by atoms with Crippen LogP contribution in [0.4, 0.5) is 5.69 Å². The van der Waals surface area contributed by atoms with Gasteiger partial charge in [0.1, 0.15) is 0 Å². The van der Waals surface area contributed by atoms with E-state index in [0.29, 0.717) is 22.7 Å². The van der Waals surface area contributed by atoms with E-state index in [4.69, 9.17) is 17.0 Å². The Bertz CT molecular complexity index is 665. The van der Waals surface area contributed by atoms with Crippen LogP contribution in [0.5, 0.6) is 0 Å². The fourth-order valence-corrected chi connectivity index (χ4v) is 6.34. The molecule has 0 aromatic heterocycles. The number of thiocarbonyl (C=S) groups is 1. The van der Waals surface area contributed by atoms with Gasteiger partial charge in [0.2, 0.25) is 0 Å². The lowest BCUT2D eigenvalue weighted by Gasteiger charge is -2.57. The van der Waals surface area contributed by atoms with E-state index in [-0.39, 0.29) is 5.97 Å². The molecule has 0 heterocycles. The van der Waals surface area contributed by atoms with Crippen LogP contribution < -0.4 is 10.6 Å². The van der Waals surface area contributed by atoms with E-state index < -0.39 is 0 Å². The van der Waals surface area contributed by atoms with Gasteiger partial charge in [-0.3, -0.25) is 0 Å². The Morgan fingerprint density at radius 3 is 2.26 bits per heavy atom. The summed E-state index contributed by atoms with van der Waals surface area (Å²) in [7, 11) is 0. The minimum atomic E-state index is -0.291. The van der Waals surface area contributed by atoms with Crippen LogP contribution in [-0.2, 0) is 4.74 Å². The Balaban J connectivity index is 1.24. The Morgan fingerprint density at radius 2 is 1.70 bits per heavy atom. The molecule has 4 aliphatic rings. The summed E-state index contributed by atoms with van der Waals surface area (Å²) in [5.74, 6) is 2.71. The van der Waals surface area contributed by atoms with Crippen molar-refractivity contribution in [3.8, 4) is 0 Å². The fourth-order valence-electron chi connectivity index (χ4n) is 6.12. The van der Waals surface area contributed by atoms with Crippen LogP contribution in [0.3, 0.4) is 0 Å². The van der Waals surface area contributed by atoms with Crippen molar-refractivity contribution >= 4 is 29.0 Å². The molecule has 0 unspecified atom stereocenters. The predicted molar refractivity (Wildman–Crippen MR) is 112 cm³/mol. The Labute approximate surface area is 167 Å². The standard InChI is InChI=1S/C22H30N2O2S/c1-2-26-20(25)18-3-5-19(6-4-18)24-21(27)23-8-7-22-12-15-9-16(13-22)11-17(10-15)14-22/h3-6,15-17H,2,7-14H2,1H3,(H2,23,24,27). The normalized spacial score (nSPS) is 30.8. The van der Waals surface area contributed by atoms with E-state index in [1.807, 2.05) is 12.1 Å². The molecule has 0 amide bonds. The molecular formula is C22H30N2O2S. The van der Waals surface area contributed by atoms with Gasteiger partial charge in [-0.15, -0.1) is 0 Å². The molecule has 4 fully saturated rings. The number of esters is 1. The van der Waals surface area contributed by atoms with E-state index >= 15 is 0 Å². The van der Waals surface area contributed by atoms with Gasteiger partial charge in [-0.1, -0.05) is 0 Å². The number of hydrogen-bond donors (Lipinski definition) is 2. The summed E-state index contributed by atoms with van der Waals surface area (Å²) in [6.45, 7) is 3.14. The van der Waals surface area contributed by atoms with Crippen molar-refractivity contribution in [2.24, 2.45) is 23.2 Å². The maximum Gasteiger partial charge on any atom is 0.338 e. The first-order chi connectivity index (χ1) is 13.0. The van der Waals surface area contributed by atoms with Crippen molar-refractivity contribution in [1.29, 1.82) is 0 Å². The Kier molecular flexibility index (Phi) is 5.40. The molecule has 27 heavy (non-hydrogen) atoms. The Morgan fingerprint density at radius 1 is 1.11 bits per heavy atom. The molecule has 4 aliphatic carbocycles. The lowest BCUT2D eigenvalue weighted by Crippen LogP contribution is -2.47. The molecule has 146 valence electrons. The van der Waals surface area contributed by atoms with E-state index in [9.17, 15) is 4.79 Å². The Hall–Kier alpha value is -1.62. The molecule has 0 saturated heterocycles. The van der Waals surface area contributed by atoms with Gasteiger partial charge in [0.15, 0.2) is 5.11 Å². The summed E-state index contributed by atoms with van der Waals surface area (Å²) in [6.07, 6.45) is 10.0. The molecule has 1 aromatic carbocycles. The molecule has 0 radical (unpaired) electrons. The van der Waals surface area contributed by atoms with Crippen molar-refractivity contribution in [3.63, 3.8) is 0 Å². The largest absolute Gasteiger partial charge is 0.462 e. The second-order valence-electron chi connectivity index (χ2n) is 8.85. The third-order valence-corrected chi connectivity index (χ3v) is 7.01. The first-order valence-corrected chi connectivity index (χ1v) is 10.8. The van der Waals surface area contributed by atoms with Crippen molar-refractivity contribution in [1.82, 2.24) is 5.32 Å². The molecule has 4 bridgehead atoms. The molecule has 4 nitrogen and oxygen atoms in total. The molecule has 0 atom stereocenters. The van der Waals surface area contributed by atoms with E-state index in [0.717, 1.165) is 30.0 Å². The summed E-state index contributed by atoms with van der Waals surface area (Å²) in [5, 5.41) is 7.27. The van der Waals surface area contributed by atoms with Crippen LogP contribution in [-0.4, -0.2) is 24.2 Å². The van der Waals surface area contributed by atoms with Gasteiger partial charge in [0.05, 0.1) is 12.2 Å². The number of hydrogen-bond acceptors (Lipinski definition) is 3. The van der Waals surface area contributed by atoms with Gasteiger partial charge < -0.3 is 15.4 Å². The van der Waals surface area contributed by atoms with Crippen molar-refractivity contribution in [2.75, 3.05) is 18.5 Å². The third-order valence-electron chi connectivity index (χ3n) is 6.76. The highest BCUT2D eigenvalue weighted by atomic mass is 32.1. The average molecular weight is 387 g/mol. The lowest BCUT2D eigenvalue weighted by atomic mass is 9.49. The zero-order chi connectivity index (χ0) is 18.9. The SMILES string of the molecule is CCOC(=O)c1ccc(NC(=S)NCCC23CC4CC(CC(C4)C2)C3)cc1. The third kappa shape index (κ3) is 4.29. The second-order valence-corrected chi connectivity index (χ2v) is 9.25. The highest BCUT2D eigenvalue weighted by Gasteiger charge is 2.50. The summed E-state index contributed by atoms with van der Waals surface area (Å²) >= 11 is 5.46. The minimum absolute atomic E-state index is 0.291. The van der Waals surface area contributed by atoms with E-state index in [1.54, 1.807) is 19.1 Å². The van der Waals surface area contributed by atoms with Gasteiger partial charge in [-0.2, -0.15) is 0 Å². The monoisotopic (exact) mass is 386 g/mol. The van der Waals surface area contributed by atoms with Gasteiger partial charge in [0, 0.05) is 12.2 Å². The van der Waals surface area contributed by atoms with Crippen molar-refractivity contribution in [3.05, 3.63) is 29.8 Å². The van der Waals surface area contributed by atoms with Crippen LogP contribution in [0.15, 0.2) is 24.3 Å². The first-order valence-electron chi connectivity index (χ1n) is 10.4. The van der Waals surface area contributed by atoms with Crippen LogP contribution in [0.2, 0.25) is 0 Å². The number of carbonyl (C=O) groups excluding carboxylic acids is 1. The van der Waals surface area contributed by atoms with Gasteiger partial charge >= 0.3 is 5.97 Å². The zero-order valence-corrected chi connectivity index (χ0v) is 16.9. The summed E-state index contributed by atoms with van der Waals surface area (Å²) in [6, 6.07) is 7.25. The van der Waals surface area contributed by atoms with E-state index in [1.165, 1.54) is 44.9 Å². The molecule has 2 N–H and O–H groups in total. The van der Waals surface area contributed by atoms with E-state index in [2.05, 4.69) is 10.6 Å². The lowest BCUT2D eigenvalue weighted by molar-refractivity contribution is -0.0562. The topological polar surface area (TPSA) is 50.4 Å². The number of ether oxygens (including phenoxy) is 1. The fraction of sp³-hybridized carbons (Fsp3) is 0.636. The zero-order valence-electron chi connectivity index (χ0n) is 16.1.